The second-order valence-electron chi connectivity index (χ2n) is 4.66. The van der Waals surface area contributed by atoms with Crippen molar-refractivity contribution in [2.75, 3.05) is 0 Å². The predicted octanol–water partition coefficient (Wildman–Crippen LogP) is 3.27. The molecule has 0 amide bonds. The molecular weight excluding hydrogens is 248 g/mol. The van der Waals surface area contributed by atoms with E-state index in [1.165, 1.54) is 12.1 Å². The fourth-order valence-corrected chi connectivity index (χ4v) is 2.05. The van der Waals surface area contributed by atoms with E-state index in [0.717, 1.165) is 6.07 Å². The summed E-state index contributed by atoms with van der Waals surface area (Å²) in [6.45, 7) is 1.82. The highest BCUT2D eigenvalue weighted by molar-refractivity contribution is 5.19. The minimum Gasteiger partial charge on any atom is -0.387 e. The molecule has 1 unspecified atom stereocenters. The molecule has 1 N–H and O–H groups in total. The zero-order valence-electron chi connectivity index (χ0n) is 10.6. The smallest absolute Gasteiger partial charge is 0.126 e. The summed E-state index contributed by atoms with van der Waals surface area (Å²) in [5, 5.41) is 10.1. The average Bonchev–Trinajstić information content (AvgIpc) is 2.37. The van der Waals surface area contributed by atoms with Gasteiger partial charge in [-0.3, -0.25) is 4.98 Å². The molecule has 19 heavy (non-hydrogen) atoms. The van der Waals surface area contributed by atoms with E-state index in [9.17, 15) is 13.9 Å². The van der Waals surface area contributed by atoms with Crippen LogP contribution >= 0.6 is 0 Å². The molecule has 1 aromatic heterocycles. The minimum absolute atomic E-state index is 0.184. The van der Waals surface area contributed by atoms with Gasteiger partial charge in [-0.05, 0) is 42.2 Å². The first kappa shape index (κ1) is 13.6. The zero-order chi connectivity index (χ0) is 13.8. The standard InChI is InChI=1S/C15H15F2NO/c1-10(15(19)14-4-2-3-5-18-14)6-11-7-12(16)9-13(17)8-11/h2-5,7-10,15,19H,6H2,1H3/t10-,15?/m0/s1. The van der Waals surface area contributed by atoms with Crippen LogP contribution in [0.3, 0.4) is 0 Å². The summed E-state index contributed by atoms with van der Waals surface area (Å²) in [6.07, 6.45) is 1.23. The third-order valence-electron chi connectivity index (χ3n) is 3.01. The third kappa shape index (κ3) is 3.58. The molecule has 1 aromatic carbocycles. The minimum atomic E-state index is -0.757. The van der Waals surface area contributed by atoms with Crippen LogP contribution in [-0.4, -0.2) is 10.1 Å². The number of halogens is 2. The summed E-state index contributed by atoms with van der Waals surface area (Å²) in [5.41, 5.74) is 1.09. The van der Waals surface area contributed by atoms with Crippen molar-refractivity contribution in [1.29, 1.82) is 0 Å². The molecule has 2 atom stereocenters. The molecule has 0 bridgehead atoms. The number of hydrogen-bond acceptors (Lipinski definition) is 2. The van der Waals surface area contributed by atoms with Crippen molar-refractivity contribution in [3.8, 4) is 0 Å². The van der Waals surface area contributed by atoms with Crippen molar-refractivity contribution in [2.45, 2.75) is 19.4 Å². The summed E-state index contributed by atoms with van der Waals surface area (Å²) in [4.78, 5) is 4.08. The lowest BCUT2D eigenvalue weighted by molar-refractivity contribution is 0.113. The van der Waals surface area contributed by atoms with Crippen LogP contribution in [-0.2, 0) is 6.42 Å². The van der Waals surface area contributed by atoms with E-state index in [4.69, 9.17) is 0 Å². The third-order valence-corrected chi connectivity index (χ3v) is 3.01. The van der Waals surface area contributed by atoms with Gasteiger partial charge in [-0.2, -0.15) is 0 Å². The van der Waals surface area contributed by atoms with Gasteiger partial charge in [0.2, 0.25) is 0 Å². The van der Waals surface area contributed by atoms with E-state index < -0.39 is 17.7 Å². The van der Waals surface area contributed by atoms with Crippen LogP contribution in [0.4, 0.5) is 8.78 Å². The predicted molar refractivity (Wildman–Crippen MR) is 68.4 cm³/mol. The Morgan fingerprint density at radius 2 is 1.84 bits per heavy atom. The number of nitrogens with zero attached hydrogens (tertiary/aromatic N) is 1. The normalized spacial score (nSPS) is 14.1. The first-order chi connectivity index (χ1) is 9.06. The van der Waals surface area contributed by atoms with Gasteiger partial charge < -0.3 is 5.11 Å². The molecule has 2 rings (SSSR count). The molecule has 4 heteroatoms. The van der Waals surface area contributed by atoms with Crippen molar-refractivity contribution < 1.29 is 13.9 Å². The molecule has 1 heterocycles. The molecule has 2 aromatic rings. The molecule has 100 valence electrons. The average molecular weight is 263 g/mol. The van der Waals surface area contributed by atoms with Gasteiger partial charge in [-0.15, -0.1) is 0 Å². The van der Waals surface area contributed by atoms with Crippen molar-refractivity contribution in [3.63, 3.8) is 0 Å². The van der Waals surface area contributed by atoms with Gasteiger partial charge in [0.25, 0.3) is 0 Å². The lowest BCUT2D eigenvalue weighted by atomic mass is 9.93. The number of hydrogen-bond donors (Lipinski definition) is 1. The lowest BCUT2D eigenvalue weighted by Gasteiger charge is -2.18. The van der Waals surface area contributed by atoms with Gasteiger partial charge in [0.05, 0.1) is 11.8 Å². The summed E-state index contributed by atoms with van der Waals surface area (Å²) >= 11 is 0. The van der Waals surface area contributed by atoms with Crippen molar-refractivity contribution in [2.24, 2.45) is 5.92 Å². The van der Waals surface area contributed by atoms with Crippen molar-refractivity contribution >= 4 is 0 Å². The zero-order valence-corrected chi connectivity index (χ0v) is 10.6. The number of aromatic nitrogens is 1. The van der Waals surface area contributed by atoms with E-state index in [0.29, 0.717) is 17.7 Å². The number of aliphatic hydroxyl groups is 1. The molecule has 0 spiro atoms. The first-order valence-electron chi connectivity index (χ1n) is 6.10. The van der Waals surface area contributed by atoms with Gasteiger partial charge in [0.1, 0.15) is 11.6 Å². The Morgan fingerprint density at radius 3 is 2.42 bits per heavy atom. The van der Waals surface area contributed by atoms with E-state index in [1.807, 2.05) is 6.92 Å². The molecular formula is C15H15F2NO. The summed E-state index contributed by atoms with van der Waals surface area (Å²) in [6, 6.07) is 8.69. The Morgan fingerprint density at radius 1 is 1.16 bits per heavy atom. The molecule has 0 saturated carbocycles. The second kappa shape index (κ2) is 5.89. The Labute approximate surface area is 110 Å². The maximum Gasteiger partial charge on any atom is 0.126 e. The fraction of sp³-hybridized carbons (Fsp3) is 0.267. The van der Waals surface area contributed by atoms with Crippen LogP contribution in [0.5, 0.6) is 0 Å². The summed E-state index contributed by atoms with van der Waals surface area (Å²) in [7, 11) is 0. The number of pyridine rings is 1. The van der Waals surface area contributed by atoms with Gasteiger partial charge in [-0.25, -0.2) is 8.78 Å². The maximum absolute atomic E-state index is 13.1. The van der Waals surface area contributed by atoms with Crippen LogP contribution in [0.25, 0.3) is 0 Å². The first-order valence-corrected chi connectivity index (χ1v) is 6.10. The highest BCUT2D eigenvalue weighted by atomic mass is 19.1. The SMILES string of the molecule is C[C@@H](Cc1cc(F)cc(F)c1)C(O)c1ccccn1. The Balaban J connectivity index is 2.10. The van der Waals surface area contributed by atoms with E-state index in [2.05, 4.69) is 4.98 Å². The van der Waals surface area contributed by atoms with Gasteiger partial charge in [0, 0.05) is 12.3 Å². The number of rotatable bonds is 4. The molecule has 0 aliphatic rings. The molecule has 0 aliphatic carbocycles. The van der Waals surface area contributed by atoms with Crippen molar-refractivity contribution in [3.05, 3.63) is 65.5 Å². The largest absolute Gasteiger partial charge is 0.387 e. The maximum atomic E-state index is 13.1. The number of benzene rings is 1. The van der Waals surface area contributed by atoms with Crippen LogP contribution < -0.4 is 0 Å². The molecule has 0 fully saturated rings. The fourth-order valence-electron chi connectivity index (χ4n) is 2.05. The van der Waals surface area contributed by atoms with Crippen LogP contribution in [0, 0.1) is 17.6 Å². The Hall–Kier alpha value is -1.81. The van der Waals surface area contributed by atoms with E-state index in [1.54, 1.807) is 24.4 Å². The van der Waals surface area contributed by atoms with Crippen LogP contribution in [0.1, 0.15) is 24.3 Å². The van der Waals surface area contributed by atoms with E-state index in [-0.39, 0.29) is 5.92 Å². The molecule has 0 aliphatic heterocycles. The summed E-state index contributed by atoms with van der Waals surface area (Å²) in [5.74, 6) is -1.39. The molecule has 2 nitrogen and oxygen atoms in total. The van der Waals surface area contributed by atoms with Crippen LogP contribution in [0.15, 0.2) is 42.6 Å². The molecule has 0 radical (unpaired) electrons. The van der Waals surface area contributed by atoms with Gasteiger partial charge in [-0.1, -0.05) is 13.0 Å². The van der Waals surface area contributed by atoms with E-state index >= 15 is 0 Å². The monoisotopic (exact) mass is 263 g/mol. The lowest BCUT2D eigenvalue weighted by Crippen LogP contribution is -2.13. The second-order valence-corrected chi connectivity index (χ2v) is 4.66. The van der Waals surface area contributed by atoms with Gasteiger partial charge >= 0.3 is 0 Å². The number of aliphatic hydroxyl groups excluding tert-OH is 1. The topological polar surface area (TPSA) is 33.1 Å². The van der Waals surface area contributed by atoms with Crippen LogP contribution in [0.2, 0.25) is 0 Å². The summed E-state index contributed by atoms with van der Waals surface area (Å²) < 4.78 is 26.2. The quantitative estimate of drug-likeness (QED) is 0.918. The highest BCUT2D eigenvalue weighted by Crippen LogP contribution is 2.24. The van der Waals surface area contributed by atoms with Gasteiger partial charge in [0.15, 0.2) is 0 Å². The molecule has 0 saturated heterocycles. The Bertz CT molecular complexity index is 525. The Kier molecular flexibility index (Phi) is 4.22. The van der Waals surface area contributed by atoms with Crippen molar-refractivity contribution in [1.82, 2.24) is 4.98 Å². The highest BCUT2D eigenvalue weighted by Gasteiger charge is 2.18.